The zero-order valence-corrected chi connectivity index (χ0v) is 20.6. The molecule has 0 aliphatic heterocycles. The maximum atomic E-state index is 13.6. The first-order chi connectivity index (χ1) is 16.3. The predicted molar refractivity (Wildman–Crippen MR) is 133 cm³/mol. The number of nitrogens with zero attached hydrogens (tertiary/aromatic N) is 1. The third-order valence-electron chi connectivity index (χ3n) is 5.55. The van der Waals surface area contributed by atoms with Crippen LogP contribution in [-0.2, 0) is 21.2 Å². The minimum Gasteiger partial charge on any atom is -0.497 e. The number of sulfonamides is 1. The fourth-order valence-electron chi connectivity index (χ4n) is 3.55. The molecule has 0 fully saturated rings. The highest BCUT2D eigenvalue weighted by Crippen LogP contribution is 2.32. The van der Waals surface area contributed by atoms with Gasteiger partial charge in [0.1, 0.15) is 18.0 Å². The number of amides is 1. The summed E-state index contributed by atoms with van der Waals surface area (Å²) in [6.45, 7) is 3.53. The molecule has 0 radical (unpaired) electrons. The van der Waals surface area contributed by atoms with Crippen LogP contribution in [0.5, 0.6) is 11.5 Å². The predicted octanol–water partition coefficient (Wildman–Crippen LogP) is 4.34. The Morgan fingerprint density at radius 2 is 1.59 bits per heavy atom. The molecule has 8 heteroatoms. The van der Waals surface area contributed by atoms with Crippen molar-refractivity contribution in [3.05, 3.63) is 83.9 Å². The molecule has 34 heavy (non-hydrogen) atoms. The van der Waals surface area contributed by atoms with Gasteiger partial charge in [-0.05, 0) is 60.9 Å². The van der Waals surface area contributed by atoms with Crippen molar-refractivity contribution in [2.24, 2.45) is 0 Å². The fraction of sp³-hybridized carbons (Fsp3) is 0.269. The second-order valence-electron chi connectivity index (χ2n) is 7.74. The highest BCUT2D eigenvalue weighted by atomic mass is 32.2. The lowest BCUT2D eigenvalue weighted by Crippen LogP contribution is -2.41. The van der Waals surface area contributed by atoms with Gasteiger partial charge in [-0.1, -0.05) is 43.3 Å². The van der Waals surface area contributed by atoms with Crippen LogP contribution in [0.15, 0.2) is 77.7 Å². The number of nitrogens with one attached hydrogen (secondary N) is 1. The maximum absolute atomic E-state index is 13.6. The van der Waals surface area contributed by atoms with Crippen LogP contribution in [-0.4, -0.2) is 35.1 Å². The Morgan fingerprint density at radius 1 is 0.941 bits per heavy atom. The lowest BCUT2D eigenvalue weighted by atomic mass is 10.1. The van der Waals surface area contributed by atoms with Crippen LogP contribution in [0, 0.1) is 0 Å². The van der Waals surface area contributed by atoms with Crippen molar-refractivity contribution in [3.63, 3.8) is 0 Å². The Kier molecular flexibility index (Phi) is 8.17. The molecule has 1 amide bonds. The molecule has 1 N–H and O–H groups in total. The summed E-state index contributed by atoms with van der Waals surface area (Å²) in [5.41, 5.74) is 2.42. The van der Waals surface area contributed by atoms with E-state index >= 15 is 0 Å². The van der Waals surface area contributed by atoms with E-state index in [1.165, 1.54) is 31.9 Å². The standard InChI is InChI=1S/C26H30N2O5S/c1-5-20-10-12-21(13-11-20)19(2)27-26(29)18-28(24-8-6-7-9-25(24)33-4)34(30,31)23-16-14-22(32-3)15-17-23/h6-17,19H,5,18H2,1-4H3,(H,27,29). The number of rotatable bonds is 10. The maximum Gasteiger partial charge on any atom is 0.264 e. The molecule has 0 saturated carbocycles. The molecule has 0 aliphatic carbocycles. The van der Waals surface area contributed by atoms with Crippen molar-refractivity contribution in [1.29, 1.82) is 0 Å². The van der Waals surface area contributed by atoms with E-state index in [0.717, 1.165) is 16.3 Å². The van der Waals surface area contributed by atoms with Gasteiger partial charge in [0.2, 0.25) is 5.91 Å². The van der Waals surface area contributed by atoms with Crippen LogP contribution >= 0.6 is 0 Å². The fourth-order valence-corrected chi connectivity index (χ4v) is 4.98. The number of carbonyl (C=O) groups excluding carboxylic acids is 1. The van der Waals surface area contributed by atoms with E-state index in [1.54, 1.807) is 36.4 Å². The highest BCUT2D eigenvalue weighted by Gasteiger charge is 2.29. The van der Waals surface area contributed by atoms with Crippen LogP contribution in [0.4, 0.5) is 5.69 Å². The summed E-state index contributed by atoms with van der Waals surface area (Å²) in [5, 5.41) is 2.91. The summed E-state index contributed by atoms with van der Waals surface area (Å²) < 4.78 is 38.8. The van der Waals surface area contributed by atoms with E-state index in [4.69, 9.17) is 9.47 Å². The SMILES string of the molecule is CCc1ccc(C(C)NC(=O)CN(c2ccccc2OC)S(=O)(=O)c2ccc(OC)cc2)cc1. The van der Waals surface area contributed by atoms with Gasteiger partial charge in [0.25, 0.3) is 10.0 Å². The molecule has 0 spiro atoms. The number of aryl methyl sites for hydroxylation is 1. The van der Waals surface area contributed by atoms with Crippen LogP contribution < -0.4 is 19.1 Å². The summed E-state index contributed by atoms with van der Waals surface area (Å²) in [5.74, 6) is 0.439. The molecule has 3 rings (SSSR count). The Morgan fingerprint density at radius 3 is 2.18 bits per heavy atom. The number of benzene rings is 3. The van der Waals surface area contributed by atoms with Crippen molar-refractivity contribution in [1.82, 2.24) is 5.32 Å². The van der Waals surface area contributed by atoms with Gasteiger partial charge in [0.15, 0.2) is 0 Å². The Balaban J connectivity index is 1.91. The summed E-state index contributed by atoms with van der Waals surface area (Å²) in [4.78, 5) is 13.1. The summed E-state index contributed by atoms with van der Waals surface area (Å²) in [6, 6.07) is 20.4. The largest absolute Gasteiger partial charge is 0.497 e. The van der Waals surface area contributed by atoms with Gasteiger partial charge in [-0.25, -0.2) is 8.42 Å². The van der Waals surface area contributed by atoms with Crippen LogP contribution in [0.1, 0.15) is 31.0 Å². The zero-order chi connectivity index (χ0) is 24.7. The molecule has 0 aromatic heterocycles. The summed E-state index contributed by atoms with van der Waals surface area (Å²) in [6.07, 6.45) is 0.929. The number of hydrogen-bond acceptors (Lipinski definition) is 5. The number of anilines is 1. The average Bonchev–Trinajstić information content (AvgIpc) is 2.87. The van der Waals surface area contributed by atoms with Crippen LogP contribution in [0.25, 0.3) is 0 Å². The molecule has 3 aromatic carbocycles. The lowest BCUT2D eigenvalue weighted by molar-refractivity contribution is -0.120. The monoisotopic (exact) mass is 482 g/mol. The van der Waals surface area contributed by atoms with Gasteiger partial charge >= 0.3 is 0 Å². The first-order valence-electron chi connectivity index (χ1n) is 11.0. The average molecular weight is 483 g/mol. The Labute approximate surface area is 201 Å². The molecule has 0 bridgehead atoms. The van der Waals surface area contributed by atoms with E-state index in [-0.39, 0.29) is 16.6 Å². The van der Waals surface area contributed by atoms with E-state index in [1.807, 2.05) is 31.2 Å². The van der Waals surface area contributed by atoms with E-state index in [2.05, 4.69) is 12.2 Å². The first kappa shape index (κ1) is 25.1. The van der Waals surface area contributed by atoms with Gasteiger partial charge in [0, 0.05) is 0 Å². The minimum atomic E-state index is -4.08. The zero-order valence-electron chi connectivity index (χ0n) is 19.8. The van der Waals surface area contributed by atoms with E-state index in [0.29, 0.717) is 11.5 Å². The third kappa shape index (κ3) is 5.69. The number of ether oxygens (including phenoxy) is 2. The molecule has 1 unspecified atom stereocenters. The van der Waals surface area contributed by atoms with Gasteiger partial charge in [0.05, 0.1) is 30.8 Å². The third-order valence-corrected chi connectivity index (χ3v) is 7.33. The van der Waals surface area contributed by atoms with Gasteiger partial charge in [-0.15, -0.1) is 0 Å². The van der Waals surface area contributed by atoms with E-state index in [9.17, 15) is 13.2 Å². The smallest absolute Gasteiger partial charge is 0.264 e. The van der Waals surface area contributed by atoms with Crippen molar-refractivity contribution < 1.29 is 22.7 Å². The quantitative estimate of drug-likeness (QED) is 0.465. The Hall–Kier alpha value is -3.52. The molecule has 0 aliphatic rings. The lowest BCUT2D eigenvalue weighted by Gasteiger charge is -2.26. The van der Waals surface area contributed by atoms with Gasteiger partial charge in [-0.2, -0.15) is 0 Å². The van der Waals surface area contributed by atoms with E-state index < -0.39 is 22.5 Å². The van der Waals surface area contributed by atoms with Crippen LogP contribution in [0.3, 0.4) is 0 Å². The summed E-state index contributed by atoms with van der Waals surface area (Å²) >= 11 is 0. The second kappa shape index (κ2) is 11.1. The number of carbonyl (C=O) groups is 1. The topological polar surface area (TPSA) is 84.9 Å². The van der Waals surface area contributed by atoms with Crippen molar-refractivity contribution in [2.45, 2.75) is 31.2 Å². The molecule has 0 saturated heterocycles. The molecular weight excluding hydrogens is 452 g/mol. The molecule has 0 heterocycles. The van der Waals surface area contributed by atoms with Crippen molar-refractivity contribution in [3.8, 4) is 11.5 Å². The molecule has 180 valence electrons. The van der Waals surface area contributed by atoms with Crippen LogP contribution in [0.2, 0.25) is 0 Å². The summed E-state index contributed by atoms with van der Waals surface area (Å²) in [7, 11) is -1.12. The highest BCUT2D eigenvalue weighted by molar-refractivity contribution is 7.92. The van der Waals surface area contributed by atoms with Crippen molar-refractivity contribution in [2.75, 3.05) is 25.1 Å². The second-order valence-corrected chi connectivity index (χ2v) is 9.61. The first-order valence-corrected chi connectivity index (χ1v) is 12.4. The minimum absolute atomic E-state index is 0.0372. The molecule has 7 nitrogen and oxygen atoms in total. The molecule has 3 aromatic rings. The normalized spacial score (nSPS) is 12.0. The van der Waals surface area contributed by atoms with Crippen molar-refractivity contribution >= 4 is 21.6 Å². The Bertz CT molecular complexity index is 1210. The number of para-hydroxylation sites is 2. The number of methoxy groups -OCH3 is 2. The molecule has 1 atom stereocenters. The van der Waals surface area contributed by atoms with Gasteiger partial charge < -0.3 is 14.8 Å². The van der Waals surface area contributed by atoms with Gasteiger partial charge in [-0.3, -0.25) is 9.10 Å². The molecular formula is C26H30N2O5S. The number of hydrogen-bond donors (Lipinski definition) is 1.